The standard InChI is InChI=1S/C12H9FN2O.C6H10O2/c13-10-3-1-2-8(6-10)11-5-4-9(7-15-11)12(14)16;7-6(8)5-3-1-2-4-5/h1-7H,(H2,14,16);5H,1-4H2,(H,7,8). The molecular formula is C18H19FN2O3. The number of amides is 1. The lowest BCUT2D eigenvalue weighted by molar-refractivity contribution is -0.141. The molecule has 126 valence electrons. The van der Waals surface area contributed by atoms with Crippen LogP contribution in [0, 0.1) is 11.7 Å². The smallest absolute Gasteiger partial charge is 0.306 e. The van der Waals surface area contributed by atoms with Crippen molar-refractivity contribution in [1.29, 1.82) is 0 Å². The van der Waals surface area contributed by atoms with Crippen LogP contribution in [0.2, 0.25) is 0 Å². The highest BCUT2D eigenvalue weighted by Crippen LogP contribution is 2.24. The lowest BCUT2D eigenvalue weighted by Gasteiger charge is -2.01. The first kappa shape index (κ1) is 17.6. The molecule has 0 saturated heterocycles. The summed E-state index contributed by atoms with van der Waals surface area (Å²) < 4.78 is 13.0. The molecule has 1 aromatic carbocycles. The molecule has 0 spiro atoms. The van der Waals surface area contributed by atoms with Gasteiger partial charge in [-0.25, -0.2) is 4.39 Å². The topological polar surface area (TPSA) is 93.3 Å². The zero-order chi connectivity index (χ0) is 17.5. The van der Waals surface area contributed by atoms with Crippen LogP contribution in [0.25, 0.3) is 11.3 Å². The molecule has 1 aliphatic carbocycles. The number of benzene rings is 1. The number of halogens is 1. The molecule has 2 aromatic rings. The maximum atomic E-state index is 13.0. The van der Waals surface area contributed by atoms with Crippen LogP contribution >= 0.6 is 0 Å². The third kappa shape index (κ3) is 4.87. The van der Waals surface area contributed by atoms with Crippen LogP contribution in [0.5, 0.6) is 0 Å². The number of primary amides is 1. The Morgan fingerprint density at radius 1 is 1.17 bits per heavy atom. The minimum absolute atomic E-state index is 0.0185. The van der Waals surface area contributed by atoms with E-state index < -0.39 is 11.9 Å². The number of hydrogen-bond acceptors (Lipinski definition) is 3. The number of rotatable bonds is 3. The summed E-state index contributed by atoms with van der Waals surface area (Å²) in [4.78, 5) is 25.1. The van der Waals surface area contributed by atoms with Gasteiger partial charge in [0.15, 0.2) is 0 Å². The van der Waals surface area contributed by atoms with E-state index in [9.17, 15) is 14.0 Å². The van der Waals surface area contributed by atoms with Crippen LogP contribution in [0.4, 0.5) is 4.39 Å². The highest BCUT2D eigenvalue weighted by Gasteiger charge is 2.21. The van der Waals surface area contributed by atoms with Crippen molar-refractivity contribution in [1.82, 2.24) is 4.98 Å². The average molecular weight is 330 g/mol. The Labute approximate surface area is 139 Å². The Kier molecular flexibility index (Phi) is 6.01. The Hall–Kier alpha value is -2.76. The van der Waals surface area contributed by atoms with E-state index in [0.29, 0.717) is 16.8 Å². The third-order valence-electron chi connectivity index (χ3n) is 3.87. The maximum Gasteiger partial charge on any atom is 0.306 e. The average Bonchev–Trinajstić information content (AvgIpc) is 3.10. The molecule has 1 fully saturated rings. The molecule has 1 saturated carbocycles. The molecular weight excluding hydrogens is 311 g/mol. The van der Waals surface area contributed by atoms with Gasteiger partial charge >= 0.3 is 5.97 Å². The largest absolute Gasteiger partial charge is 0.481 e. The van der Waals surface area contributed by atoms with Gasteiger partial charge in [0.05, 0.1) is 17.2 Å². The number of carbonyl (C=O) groups excluding carboxylic acids is 1. The zero-order valence-corrected chi connectivity index (χ0v) is 13.1. The fourth-order valence-electron chi connectivity index (χ4n) is 2.53. The monoisotopic (exact) mass is 330 g/mol. The second-order valence-corrected chi connectivity index (χ2v) is 5.63. The molecule has 3 N–H and O–H groups in total. The minimum Gasteiger partial charge on any atom is -0.481 e. The summed E-state index contributed by atoms with van der Waals surface area (Å²) in [5, 5.41) is 8.41. The van der Waals surface area contributed by atoms with Crippen LogP contribution in [0.1, 0.15) is 36.0 Å². The number of aliphatic carboxylic acids is 1. The summed E-state index contributed by atoms with van der Waals surface area (Å²) in [6.45, 7) is 0. The van der Waals surface area contributed by atoms with E-state index >= 15 is 0 Å². The van der Waals surface area contributed by atoms with Crippen LogP contribution in [-0.4, -0.2) is 22.0 Å². The van der Waals surface area contributed by atoms with E-state index in [1.54, 1.807) is 24.3 Å². The summed E-state index contributed by atoms with van der Waals surface area (Å²) in [5.74, 6) is -1.48. The van der Waals surface area contributed by atoms with E-state index in [2.05, 4.69) is 4.98 Å². The van der Waals surface area contributed by atoms with Crippen LogP contribution < -0.4 is 5.73 Å². The van der Waals surface area contributed by atoms with Crippen molar-refractivity contribution in [3.63, 3.8) is 0 Å². The predicted octanol–water partition coefficient (Wildman–Crippen LogP) is 3.25. The van der Waals surface area contributed by atoms with Crippen molar-refractivity contribution in [3.05, 3.63) is 54.0 Å². The van der Waals surface area contributed by atoms with E-state index in [4.69, 9.17) is 10.8 Å². The first-order valence-electron chi connectivity index (χ1n) is 7.72. The second-order valence-electron chi connectivity index (χ2n) is 5.63. The van der Waals surface area contributed by atoms with Crippen molar-refractivity contribution in [2.75, 3.05) is 0 Å². The minimum atomic E-state index is -0.609. The van der Waals surface area contributed by atoms with Crippen LogP contribution in [0.3, 0.4) is 0 Å². The highest BCUT2D eigenvalue weighted by molar-refractivity contribution is 5.92. The number of aromatic nitrogens is 1. The van der Waals surface area contributed by atoms with Crippen molar-refractivity contribution in [2.45, 2.75) is 25.7 Å². The number of nitrogens with two attached hydrogens (primary N) is 1. The van der Waals surface area contributed by atoms with Gasteiger partial charge in [0.1, 0.15) is 5.82 Å². The fourth-order valence-corrected chi connectivity index (χ4v) is 2.53. The quantitative estimate of drug-likeness (QED) is 0.903. The number of nitrogens with zero attached hydrogens (tertiary/aromatic N) is 1. The molecule has 0 radical (unpaired) electrons. The molecule has 0 bridgehead atoms. The summed E-state index contributed by atoms with van der Waals surface area (Å²) in [5.41, 5.74) is 6.69. The lowest BCUT2D eigenvalue weighted by Crippen LogP contribution is -2.10. The lowest BCUT2D eigenvalue weighted by atomic mass is 10.1. The summed E-state index contributed by atoms with van der Waals surface area (Å²) in [6, 6.07) is 9.29. The van der Waals surface area contributed by atoms with E-state index in [0.717, 1.165) is 25.7 Å². The third-order valence-corrected chi connectivity index (χ3v) is 3.87. The fraction of sp³-hybridized carbons (Fsp3) is 0.278. The normalized spacial score (nSPS) is 13.9. The van der Waals surface area contributed by atoms with Crippen molar-refractivity contribution in [3.8, 4) is 11.3 Å². The van der Waals surface area contributed by atoms with Gasteiger partial charge in [-0.1, -0.05) is 25.0 Å². The van der Waals surface area contributed by atoms with Gasteiger partial charge in [-0.2, -0.15) is 0 Å². The predicted molar refractivity (Wildman–Crippen MR) is 87.7 cm³/mol. The van der Waals surface area contributed by atoms with Gasteiger partial charge in [0, 0.05) is 11.8 Å². The molecule has 1 aliphatic rings. The van der Waals surface area contributed by atoms with E-state index in [-0.39, 0.29) is 11.7 Å². The zero-order valence-electron chi connectivity index (χ0n) is 13.1. The van der Waals surface area contributed by atoms with Gasteiger partial charge in [-0.05, 0) is 37.1 Å². The molecule has 0 aliphatic heterocycles. The summed E-state index contributed by atoms with van der Waals surface area (Å²) >= 11 is 0. The summed E-state index contributed by atoms with van der Waals surface area (Å²) in [6.07, 6.45) is 5.39. The number of hydrogen-bond donors (Lipinski definition) is 2. The van der Waals surface area contributed by atoms with Crippen LogP contribution in [-0.2, 0) is 4.79 Å². The molecule has 5 nitrogen and oxygen atoms in total. The summed E-state index contributed by atoms with van der Waals surface area (Å²) in [7, 11) is 0. The SMILES string of the molecule is NC(=O)c1ccc(-c2cccc(F)c2)nc1.O=C(O)C1CCCC1. The number of carboxylic acid groups (broad SMARTS) is 1. The molecule has 1 aromatic heterocycles. The molecule has 24 heavy (non-hydrogen) atoms. The Morgan fingerprint density at radius 3 is 2.33 bits per heavy atom. The first-order chi connectivity index (χ1) is 11.5. The van der Waals surface area contributed by atoms with E-state index in [1.807, 2.05) is 0 Å². The number of pyridine rings is 1. The molecule has 3 rings (SSSR count). The van der Waals surface area contributed by atoms with Gasteiger partial charge in [0.25, 0.3) is 0 Å². The van der Waals surface area contributed by atoms with Gasteiger partial charge in [-0.15, -0.1) is 0 Å². The Balaban J connectivity index is 0.000000219. The van der Waals surface area contributed by atoms with E-state index in [1.165, 1.54) is 18.3 Å². The maximum absolute atomic E-state index is 13.0. The Bertz CT molecular complexity index is 710. The molecule has 1 amide bonds. The first-order valence-corrected chi connectivity index (χ1v) is 7.72. The van der Waals surface area contributed by atoms with Crippen molar-refractivity contribution < 1.29 is 19.1 Å². The second kappa shape index (κ2) is 8.19. The molecule has 0 unspecified atom stereocenters. The van der Waals surface area contributed by atoms with Crippen LogP contribution in [0.15, 0.2) is 42.6 Å². The van der Waals surface area contributed by atoms with Gasteiger partial charge < -0.3 is 10.8 Å². The van der Waals surface area contributed by atoms with Crippen molar-refractivity contribution >= 4 is 11.9 Å². The molecule has 0 atom stereocenters. The number of carbonyl (C=O) groups is 2. The van der Waals surface area contributed by atoms with Gasteiger partial charge in [0.2, 0.25) is 5.91 Å². The molecule has 1 heterocycles. The highest BCUT2D eigenvalue weighted by atomic mass is 19.1. The Morgan fingerprint density at radius 2 is 1.88 bits per heavy atom. The number of carboxylic acids is 1. The molecule has 6 heteroatoms. The van der Waals surface area contributed by atoms with Gasteiger partial charge in [-0.3, -0.25) is 14.6 Å². The van der Waals surface area contributed by atoms with Crippen molar-refractivity contribution in [2.24, 2.45) is 11.7 Å².